The maximum atomic E-state index is 11.3. The number of nitrogen functional groups attached to an aromatic ring is 1. The van der Waals surface area contributed by atoms with Gasteiger partial charge in [-0.1, -0.05) is 0 Å². The second kappa shape index (κ2) is 6.44. The molecule has 1 aromatic rings. The van der Waals surface area contributed by atoms with Crippen LogP contribution >= 0.6 is 0 Å². The van der Waals surface area contributed by atoms with Crippen LogP contribution in [0.5, 0.6) is 0 Å². The van der Waals surface area contributed by atoms with Crippen LogP contribution in [0.3, 0.4) is 0 Å². The molecule has 0 aromatic carbocycles. The van der Waals surface area contributed by atoms with Gasteiger partial charge in [-0.2, -0.15) is 0 Å². The summed E-state index contributed by atoms with van der Waals surface area (Å²) < 4.78 is 0. The molecule has 0 radical (unpaired) electrons. The number of hydrogen-bond donors (Lipinski definition) is 3. The Morgan fingerprint density at radius 1 is 1.44 bits per heavy atom. The number of rotatable bonds is 3. The number of pyridine rings is 1. The minimum absolute atomic E-state index is 0.312. The Morgan fingerprint density at radius 3 is 3.06 bits per heavy atom. The largest absolute Gasteiger partial charge is 0.315 e. The topological polar surface area (TPSA) is 83.3 Å². The van der Waals surface area contributed by atoms with Gasteiger partial charge >= 0.3 is 0 Å². The molecular formula is C12H19N5O. The molecule has 4 N–H and O–H groups in total. The second-order valence-electron chi connectivity index (χ2n) is 4.39. The van der Waals surface area contributed by atoms with Gasteiger partial charge in [0.15, 0.2) is 0 Å². The molecule has 1 fully saturated rings. The Morgan fingerprint density at radius 2 is 2.33 bits per heavy atom. The van der Waals surface area contributed by atoms with Crippen molar-refractivity contribution in [3.63, 3.8) is 0 Å². The summed E-state index contributed by atoms with van der Waals surface area (Å²) in [6, 6.07) is 3.63. The van der Waals surface area contributed by atoms with E-state index in [1.165, 1.54) is 0 Å². The third kappa shape index (κ3) is 3.49. The minimum Gasteiger partial charge on any atom is -0.315 e. The average Bonchev–Trinajstić information content (AvgIpc) is 2.67. The fourth-order valence-corrected chi connectivity index (χ4v) is 2.02. The quantitative estimate of drug-likeness (QED) is 0.381. The SMILES string of the molecule is NNC(=O)c1ccc(CN2CCCNCC2)nc1. The summed E-state index contributed by atoms with van der Waals surface area (Å²) in [7, 11) is 0. The summed E-state index contributed by atoms with van der Waals surface area (Å²) in [5.74, 6) is 4.75. The van der Waals surface area contributed by atoms with E-state index in [1.54, 1.807) is 12.3 Å². The number of nitrogens with zero attached hydrogens (tertiary/aromatic N) is 2. The van der Waals surface area contributed by atoms with Crippen LogP contribution in [0.4, 0.5) is 0 Å². The lowest BCUT2D eigenvalue weighted by Gasteiger charge is -2.18. The minimum atomic E-state index is -0.312. The van der Waals surface area contributed by atoms with Crippen molar-refractivity contribution in [2.24, 2.45) is 5.84 Å². The summed E-state index contributed by atoms with van der Waals surface area (Å²) in [5, 5.41) is 3.37. The molecule has 18 heavy (non-hydrogen) atoms. The highest BCUT2D eigenvalue weighted by molar-refractivity contribution is 5.93. The average molecular weight is 249 g/mol. The molecule has 1 saturated heterocycles. The van der Waals surface area contributed by atoms with Gasteiger partial charge in [-0.3, -0.25) is 20.1 Å². The molecule has 6 heteroatoms. The fourth-order valence-electron chi connectivity index (χ4n) is 2.02. The Kier molecular flexibility index (Phi) is 4.63. The number of aromatic nitrogens is 1. The molecule has 0 saturated carbocycles. The molecule has 1 aromatic heterocycles. The monoisotopic (exact) mass is 249 g/mol. The van der Waals surface area contributed by atoms with E-state index in [1.807, 2.05) is 6.07 Å². The van der Waals surface area contributed by atoms with Crippen molar-refractivity contribution >= 4 is 5.91 Å². The van der Waals surface area contributed by atoms with Crippen LogP contribution in [0.25, 0.3) is 0 Å². The molecule has 6 nitrogen and oxygen atoms in total. The van der Waals surface area contributed by atoms with Crippen molar-refractivity contribution in [3.05, 3.63) is 29.6 Å². The zero-order valence-electron chi connectivity index (χ0n) is 10.4. The summed E-state index contributed by atoms with van der Waals surface area (Å²) in [6.45, 7) is 5.05. The number of hydrazine groups is 1. The molecule has 1 aliphatic rings. The number of carbonyl (C=O) groups excluding carboxylic acids is 1. The molecule has 1 aliphatic heterocycles. The Labute approximate surface area is 107 Å². The smallest absolute Gasteiger partial charge is 0.266 e. The van der Waals surface area contributed by atoms with Crippen LogP contribution in [-0.2, 0) is 6.54 Å². The van der Waals surface area contributed by atoms with E-state index in [0.717, 1.165) is 44.8 Å². The van der Waals surface area contributed by atoms with E-state index in [4.69, 9.17) is 5.84 Å². The van der Waals surface area contributed by atoms with E-state index in [2.05, 4.69) is 20.6 Å². The summed E-state index contributed by atoms with van der Waals surface area (Å²) >= 11 is 0. The predicted molar refractivity (Wildman–Crippen MR) is 68.7 cm³/mol. The van der Waals surface area contributed by atoms with E-state index in [9.17, 15) is 4.79 Å². The van der Waals surface area contributed by atoms with Gasteiger partial charge < -0.3 is 5.32 Å². The molecule has 0 aliphatic carbocycles. The van der Waals surface area contributed by atoms with Crippen molar-refractivity contribution in [2.75, 3.05) is 26.2 Å². The van der Waals surface area contributed by atoms with Crippen LogP contribution in [0.15, 0.2) is 18.3 Å². The van der Waals surface area contributed by atoms with Crippen molar-refractivity contribution in [2.45, 2.75) is 13.0 Å². The van der Waals surface area contributed by atoms with E-state index < -0.39 is 0 Å². The fraction of sp³-hybridized carbons (Fsp3) is 0.500. The molecule has 2 rings (SSSR count). The molecule has 1 amide bonds. The number of nitrogens with one attached hydrogen (secondary N) is 2. The van der Waals surface area contributed by atoms with Gasteiger partial charge in [0.1, 0.15) is 0 Å². The Balaban J connectivity index is 1.94. The van der Waals surface area contributed by atoms with Gasteiger partial charge in [0.2, 0.25) is 0 Å². The normalized spacial score (nSPS) is 17.2. The van der Waals surface area contributed by atoms with Gasteiger partial charge in [0, 0.05) is 25.8 Å². The van der Waals surface area contributed by atoms with Crippen LogP contribution in [0, 0.1) is 0 Å². The number of hydrogen-bond acceptors (Lipinski definition) is 5. The first-order chi connectivity index (χ1) is 8.79. The number of nitrogens with two attached hydrogens (primary N) is 1. The first-order valence-electron chi connectivity index (χ1n) is 6.18. The van der Waals surface area contributed by atoms with Crippen LogP contribution in [0.1, 0.15) is 22.5 Å². The van der Waals surface area contributed by atoms with Gasteiger partial charge in [0.05, 0.1) is 11.3 Å². The highest BCUT2D eigenvalue weighted by Gasteiger charge is 2.10. The summed E-state index contributed by atoms with van der Waals surface area (Å²) in [5.41, 5.74) is 3.56. The van der Waals surface area contributed by atoms with Gasteiger partial charge in [-0.05, 0) is 31.6 Å². The zero-order valence-corrected chi connectivity index (χ0v) is 10.4. The molecule has 0 bridgehead atoms. The Hall–Kier alpha value is -1.50. The summed E-state index contributed by atoms with van der Waals surface area (Å²) in [6.07, 6.45) is 2.72. The standard InChI is InChI=1S/C12H19N5O/c13-16-12(18)10-2-3-11(15-8-10)9-17-6-1-4-14-5-7-17/h2-3,8,14H,1,4-7,9,13H2,(H,16,18). The van der Waals surface area contributed by atoms with Crippen molar-refractivity contribution in [3.8, 4) is 0 Å². The lowest BCUT2D eigenvalue weighted by Crippen LogP contribution is -2.30. The molecule has 0 atom stereocenters. The van der Waals surface area contributed by atoms with Crippen LogP contribution < -0.4 is 16.6 Å². The second-order valence-corrected chi connectivity index (χ2v) is 4.39. The van der Waals surface area contributed by atoms with Crippen molar-refractivity contribution in [1.82, 2.24) is 20.6 Å². The third-order valence-electron chi connectivity index (χ3n) is 3.04. The lowest BCUT2D eigenvalue weighted by atomic mass is 10.2. The van der Waals surface area contributed by atoms with Crippen LogP contribution in [-0.4, -0.2) is 42.0 Å². The highest BCUT2D eigenvalue weighted by atomic mass is 16.2. The first kappa shape index (κ1) is 12.9. The van der Waals surface area contributed by atoms with Gasteiger partial charge in [0.25, 0.3) is 5.91 Å². The molecule has 0 unspecified atom stereocenters. The molecular weight excluding hydrogens is 230 g/mol. The zero-order chi connectivity index (χ0) is 12.8. The molecule has 98 valence electrons. The van der Waals surface area contributed by atoms with E-state index in [-0.39, 0.29) is 5.91 Å². The lowest BCUT2D eigenvalue weighted by molar-refractivity contribution is 0.0953. The summed E-state index contributed by atoms with van der Waals surface area (Å²) in [4.78, 5) is 17.9. The van der Waals surface area contributed by atoms with E-state index in [0.29, 0.717) is 5.56 Å². The van der Waals surface area contributed by atoms with Gasteiger partial charge in [-0.15, -0.1) is 0 Å². The first-order valence-corrected chi connectivity index (χ1v) is 6.18. The number of carbonyl (C=O) groups is 1. The Bertz CT molecular complexity index is 384. The van der Waals surface area contributed by atoms with Crippen molar-refractivity contribution < 1.29 is 4.79 Å². The van der Waals surface area contributed by atoms with Gasteiger partial charge in [-0.25, -0.2) is 5.84 Å². The van der Waals surface area contributed by atoms with Crippen LogP contribution in [0.2, 0.25) is 0 Å². The maximum Gasteiger partial charge on any atom is 0.266 e. The molecule has 2 heterocycles. The highest BCUT2D eigenvalue weighted by Crippen LogP contribution is 2.05. The third-order valence-corrected chi connectivity index (χ3v) is 3.04. The maximum absolute atomic E-state index is 11.3. The van der Waals surface area contributed by atoms with Crippen molar-refractivity contribution in [1.29, 1.82) is 0 Å². The van der Waals surface area contributed by atoms with E-state index >= 15 is 0 Å². The molecule has 0 spiro atoms. The predicted octanol–water partition coefficient (Wildman–Crippen LogP) is -0.520. The number of amides is 1.